The molecule has 0 atom stereocenters. The Morgan fingerprint density at radius 2 is 2.13 bits per heavy atom. The smallest absolute Gasteiger partial charge is 0.0218 e. The van der Waals surface area contributed by atoms with E-state index in [4.69, 9.17) is 0 Å². The zero-order valence-electron chi connectivity index (χ0n) is 9.49. The van der Waals surface area contributed by atoms with E-state index in [1.807, 2.05) is 17.8 Å². The van der Waals surface area contributed by atoms with Crippen molar-refractivity contribution >= 4 is 11.8 Å². The minimum Gasteiger partial charge on any atom is -0.310 e. The van der Waals surface area contributed by atoms with Crippen molar-refractivity contribution in [3.63, 3.8) is 0 Å². The number of thioether (sulfide) groups is 1. The summed E-state index contributed by atoms with van der Waals surface area (Å²) in [5.41, 5.74) is 1.37. The van der Waals surface area contributed by atoms with Crippen molar-refractivity contribution < 1.29 is 0 Å². The number of hydrogen-bond acceptors (Lipinski definition) is 2. The molecule has 0 heterocycles. The summed E-state index contributed by atoms with van der Waals surface area (Å²) in [5.74, 6) is 0.971. The zero-order valence-corrected chi connectivity index (χ0v) is 10.3. The van der Waals surface area contributed by atoms with E-state index in [1.165, 1.54) is 10.5 Å². The van der Waals surface area contributed by atoms with Crippen LogP contribution in [0.4, 0.5) is 0 Å². The Kier molecular flexibility index (Phi) is 5.51. The Balaban J connectivity index is 2.63. The summed E-state index contributed by atoms with van der Waals surface area (Å²) in [6.07, 6.45) is 1.94. The van der Waals surface area contributed by atoms with Crippen LogP contribution >= 0.6 is 11.8 Å². The van der Waals surface area contributed by atoms with E-state index in [0.29, 0.717) is 6.04 Å². The largest absolute Gasteiger partial charge is 0.310 e. The van der Waals surface area contributed by atoms with Gasteiger partial charge in [-0.2, -0.15) is 0 Å². The highest BCUT2D eigenvalue weighted by Gasteiger charge is 2.01. The number of hydrogen-bond donors (Lipinski definition) is 1. The number of nitrogens with one attached hydrogen (secondary N) is 1. The molecule has 0 aliphatic heterocycles. The standard InChI is InChI=1S/C13H19NS/c1-4-9-15-13-8-6-5-7-12(13)10-14-11(2)3/h4-8,11,14H,1,9-10H2,2-3H3. The molecule has 15 heavy (non-hydrogen) atoms. The highest BCUT2D eigenvalue weighted by Crippen LogP contribution is 2.22. The summed E-state index contributed by atoms with van der Waals surface area (Å²) in [6.45, 7) is 9.02. The van der Waals surface area contributed by atoms with Gasteiger partial charge in [0.2, 0.25) is 0 Å². The maximum Gasteiger partial charge on any atom is 0.0218 e. The summed E-state index contributed by atoms with van der Waals surface area (Å²) in [5, 5.41) is 3.44. The average molecular weight is 221 g/mol. The molecule has 0 fully saturated rings. The van der Waals surface area contributed by atoms with Crippen LogP contribution < -0.4 is 5.32 Å². The minimum atomic E-state index is 0.530. The first-order valence-electron chi connectivity index (χ1n) is 5.29. The van der Waals surface area contributed by atoms with Gasteiger partial charge in [-0.25, -0.2) is 0 Å². The Labute approximate surface area is 97.0 Å². The summed E-state index contributed by atoms with van der Waals surface area (Å²) in [6, 6.07) is 9.06. The third kappa shape index (κ3) is 4.54. The fourth-order valence-electron chi connectivity index (χ4n) is 1.25. The predicted octanol–water partition coefficient (Wildman–Crippen LogP) is 3.46. The van der Waals surface area contributed by atoms with Crippen molar-refractivity contribution in [2.24, 2.45) is 0 Å². The molecule has 0 unspecified atom stereocenters. The van der Waals surface area contributed by atoms with Crippen LogP contribution in [-0.4, -0.2) is 11.8 Å². The molecule has 0 radical (unpaired) electrons. The third-order valence-electron chi connectivity index (χ3n) is 2.03. The summed E-state index contributed by atoms with van der Waals surface area (Å²) in [7, 11) is 0. The molecule has 0 aliphatic carbocycles. The molecule has 0 bridgehead atoms. The van der Waals surface area contributed by atoms with Crippen LogP contribution in [0.3, 0.4) is 0 Å². The average Bonchev–Trinajstić information content (AvgIpc) is 2.24. The molecule has 1 rings (SSSR count). The fourth-order valence-corrected chi connectivity index (χ4v) is 2.05. The summed E-state index contributed by atoms with van der Waals surface area (Å²) >= 11 is 1.84. The van der Waals surface area contributed by atoms with Gasteiger partial charge in [-0.1, -0.05) is 38.1 Å². The Hall–Kier alpha value is -0.730. The molecule has 0 aromatic heterocycles. The minimum absolute atomic E-state index is 0.530. The molecule has 0 saturated carbocycles. The van der Waals surface area contributed by atoms with E-state index in [2.05, 4.69) is 50.0 Å². The summed E-state index contributed by atoms with van der Waals surface area (Å²) in [4.78, 5) is 1.35. The Bertz CT molecular complexity index is 307. The first-order valence-corrected chi connectivity index (χ1v) is 6.27. The molecule has 0 aliphatic rings. The van der Waals surface area contributed by atoms with Crippen molar-refractivity contribution in [1.29, 1.82) is 0 Å². The predicted molar refractivity (Wildman–Crippen MR) is 69.3 cm³/mol. The molecule has 0 saturated heterocycles. The van der Waals surface area contributed by atoms with Crippen LogP contribution in [0.5, 0.6) is 0 Å². The van der Waals surface area contributed by atoms with E-state index >= 15 is 0 Å². The molecule has 1 nitrogen and oxygen atoms in total. The number of rotatable bonds is 6. The monoisotopic (exact) mass is 221 g/mol. The molecular weight excluding hydrogens is 202 g/mol. The van der Waals surface area contributed by atoms with E-state index in [-0.39, 0.29) is 0 Å². The second-order valence-corrected chi connectivity index (χ2v) is 4.80. The van der Waals surface area contributed by atoms with Crippen molar-refractivity contribution in [2.75, 3.05) is 5.75 Å². The molecule has 0 spiro atoms. The highest BCUT2D eigenvalue weighted by molar-refractivity contribution is 7.99. The lowest BCUT2D eigenvalue weighted by Gasteiger charge is -2.11. The maximum atomic E-state index is 3.74. The normalized spacial score (nSPS) is 10.6. The quantitative estimate of drug-likeness (QED) is 0.583. The Morgan fingerprint density at radius 1 is 1.40 bits per heavy atom. The van der Waals surface area contributed by atoms with Crippen molar-refractivity contribution in [3.8, 4) is 0 Å². The molecule has 0 amide bonds. The molecule has 1 aromatic rings. The molecule has 82 valence electrons. The molecule has 2 heteroatoms. The topological polar surface area (TPSA) is 12.0 Å². The van der Waals surface area contributed by atoms with Crippen LogP contribution in [0, 0.1) is 0 Å². The van der Waals surface area contributed by atoms with Crippen LogP contribution in [0.2, 0.25) is 0 Å². The van der Waals surface area contributed by atoms with Gasteiger partial charge in [0.25, 0.3) is 0 Å². The van der Waals surface area contributed by atoms with E-state index in [1.54, 1.807) is 0 Å². The maximum absolute atomic E-state index is 3.74. The molecular formula is C13H19NS. The first-order chi connectivity index (χ1) is 7.24. The van der Waals surface area contributed by atoms with Gasteiger partial charge in [-0.05, 0) is 11.6 Å². The van der Waals surface area contributed by atoms with Crippen LogP contribution in [0.25, 0.3) is 0 Å². The first kappa shape index (κ1) is 12.3. The lowest BCUT2D eigenvalue weighted by atomic mass is 10.2. The van der Waals surface area contributed by atoms with E-state index in [0.717, 1.165) is 12.3 Å². The van der Waals surface area contributed by atoms with Gasteiger partial charge in [0.15, 0.2) is 0 Å². The summed E-state index contributed by atoms with van der Waals surface area (Å²) < 4.78 is 0. The van der Waals surface area contributed by atoms with Gasteiger partial charge < -0.3 is 5.32 Å². The van der Waals surface area contributed by atoms with Crippen molar-refractivity contribution in [2.45, 2.75) is 31.3 Å². The molecule has 1 N–H and O–H groups in total. The van der Waals surface area contributed by atoms with Crippen molar-refractivity contribution in [1.82, 2.24) is 5.32 Å². The van der Waals surface area contributed by atoms with Gasteiger partial charge in [0.1, 0.15) is 0 Å². The van der Waals surface area contributed by atoms with Gasteiger partial charge in [-0.15, -0.1) is 18.3 Å². The van der Waals surface area contributed by atoms with Crippen LogP contribution in [0.1, 0.15) is 19.4 Å². The Morgan fingerprint density at radius 3 is 2.80 bits per heavy atom. The van der Waals surface area contributed by atoms with Gasteiger partial charge >= 0.3 is 0 Å². The van der Waals surface area contributed by atoms with Crippen LogP contribution in [-0.2, 0) is 6.54 Å². The second-order valence-electron chi connectivity index (χ2n) is 3.74. The number of benzene rings is 1. The lowest BCUT2D eigenvalue weighted by Crippen LogP contribution is -2.22. The third-order valence-corrected chi connectivity index (χ3v) is 3.14. The van der Waals surface area contributed by atoms with Gasteiger partial charge in [-0.3, -0.25) is 0 Å². The second kappa shape index (κ2) is 6.70. The zero-order chi connectivity index (χ0) is 11.1. The van der Waals surface area contributed by atoms with Gasteiger partial charge in [0, 0.05) is 23.2 Å². The molecule has 1 aromatic carbocycles. The lowest BCUT2D eigenvalue weighted by molar-refractivity contribution is 0.585. The van der Waals surface area contributed by atoms with Gasteiger partial charge in [0.05, 0.1) is 0 Å². The fraction of sp³-hybridized carbons (Fsp3) is 0.385. The van der Waals surface area contributed by atoms with E-state index in [9.17, 15) is 0 Å². The van der Waals surface area contributed by atoms with E-state index < -0.39 is 0 Å². The SMILES string of the molecule is C=CCSc1ccccc1CNC(C)C. The van der Waals surface area contributed by atoms with Crippen molar-refractivity contribution in [3.05, 3.63) is 42.5 Å². The highest BCUT2D eigenvalue weighted by atomic mass is 32.2. The van der Waals surface area contributed by atoms with Crippen LogP contribution in [0.15, 0.2) is 41.8 Å².